The largest absolute Gasteiger partial charge is 0.416 e. The average Bonchev–Trinajstić information content (AvgIpc) is 2.33. The summed E-state index contributed by atoms with van der Waals surface area (Å²) in [5, 5.41) is 6.18. The minimum atomic E-state index is -4.30. The fourth-order valence-corrected chi connectivity index (χ4v) is 2.06. The van der Waals surface area contributed by atoms with Gasteiger partial charge in [-0.2, -0.15) is 13.2 Å². The molecule has 19 heavy (non-hydrogen) atoms. The summed E-state index contributed by atoms with van der Waals surface area (Å²) in [5.74, 6) is 0.646. The van der Waals surface area contributed by atoms with Crippen LogP contribution in [0.25, 0.3) is 0 Å². The number of benzene rings is 1. The summed E-state index contributed by atoms with van der Waals surface area (Å²) in [6, 6.07) is 5.05. The van der Waals surface area contributed by atoms with Crippen LogP contribution in [0.5, 0.6) is 0 Å². The maximum Gasteiger partial charge on any atom is 0.416 e. The molecule has 1 aliphatic heterocycles. The molecule has 0 aromatic heterocycles. The van der Waals surface area contributed by atoms with E-state index in [9.17, 15) is 13.2 Å². The van der Waals surface area contributed by atoms with Crippen LogP contribution >= 0.6 is 0 Å². The summed E-state index contributed by atoms with van der Waals surface area (Å²) in [6.45, 7) is 7.64. The summed E-state index contributed by atoms with van der Waals surface area (Å²) >= 11 is 0. The molecule has 0 saturated carbocycles. The second-order valence-corrected chi connectivity index (χ2v) is 4.61. The first-order chi connectivity index (χ1) is 8.79. The van der Waals surface area contributed by atoms with Crippen LogP contribution in [0, 0.1) is 0 Å². The molecule has 1 aliphatic rings. The van der Waals surface area contributed by atoms with Gasteiger partial charge in [-0.15, -0.1) is 0 Å². The van der Waals surface area contributed by atoms with Crippen molar-refractivity contribution in [3.63, 3.8) is 0 Å². The lowest BCUT2D eigenvalue weighted by molar-refractivity contribution is -0.137. The first-order valence-electron chi connectivity index (χ1n) is 5.86. The number of allylic oxidation sites excluding steroid dienone is 1. The van der Waals surface area contributed by atoms with Crippen molar-refractivity contribution >= 4 is 0 Å². The van der Waals surface area contributed by atoms with Crippen LogP contribution in [0.3, 0.4) is 0 Å². The first kappa shape index (κ1) is 13.5. The van der Waals surface area contributed by atoms with Crippen LogP contribution in [-0.2, 0) is 6.18 Å². The second kappa shape index (κ2) is 4.64. The Kier molecular flexibility index (Phi) is 3.30. The molecule has 0 radical (unpaired) electrons. The van der Waals surface area contributed by atoms with Gasteiger partial charge in [0.1, 0.15) is 0 Å². The second-order valence-electron chi connectivity index (χ2n) is 4.61. The topological polar surface area (TPSA) is 24.1 Å². The van der Waals surface area contributed by atoms with E-state index < -0.39 is 11.7 Å². The normalized spacial score (nSPS) is 20.1. The Morgan fingerprint density at radius 3 is 2.21 bits per heavy atom. The third kappa shape index (κ3) is 2.75. The van der Waals surface area contributed by atoms with Crippen molar-refractivity contribution in [2.75, 3.05) is 0 Å². The van der Waals surface area contributed by atoms with Crippen molar-refractivity contribution in [2.45, 2.75) is 26.1 Å². The minimum Gasteiger partial charge on any atom is -0.361 e. The number of nitrogens with one attached hydrogen (secondary N) is 2. The zero-order valence-electron chi connectivity index (χ0n) is 10.7. The molecule has 1 aromatic rings. The molecule has 2 rings (SSSR count). The highest BCUT2D eigenvalue weighted by Gasteiger charge is 2.30. The van der Waals surface area contributed by atoms with Crippen LogP contribution < -0.4 is 10.6 Å². The first-order valence-corrected chi connectivity index (χ1v) is 5.86. The van der Waals surface area contributed by atoms with Gasteiger partial charge in [-0.25, -0.2) is 0 Å². The monoisotopic (exact) mass is 268 g/mol. The quantitative estimate of drug-likeness (QED) is 0.811. The van der Waals surface area contributed by atoms with E-state index in [2.05, 4.69) is 17.2 Å². The molecule has 0 amide bonds. The molecule has 1 aromatic carbocycles. The Labute approximate surface area is 110 Å². The lowest BCUT2D eigenvalue weighted by Gasteiger charge is -2.30. The smallest absolute Gasteiger partial charge is 0.361 e. The molecular weight excluding hydrogens is 253 g/mol. The molecule has 0 saturated heterocycles. The van der Waals surface area contributed by atoms with Gasteiger partial charge in [-0.1, -0.05) is 18.7 Å². The van der Waals surface area contributed by atoms with Gasteiger partial charge in [0, 0.05) is 5.70 Å². The molecule has 2 N–H and O–H groups in total. The minimum absolute atomic E-state index is 0.143. The Hall–Kier alpha value is -1.91. The summed E-state index contributed by atoms with van der Waals surface area (Å²) in [4.78, 5) is 0. The van der Waals surface area contributed by atoms with Crippen LogP contribution in [0.1, 0.15) is 31.0 Å². The molecule has 0 aliphatic carbocycles. The van der Waals surface area contributed by atoms with E-state index in [1.807, 2.05) is 13.8 Å². The fraction of sp³-hybridized carbons (Fsp3) is 0.286. The zero-order valence-corrected chi connectivity index (χ0v) is 10.7. The summed E-state index contributed by atoms with van der Waals surface area (Å²) in [7, 11) is 0. The molecular formula is C14H15F3N2. The lowest BCUT2D eigenvalue weighted by atomic mass is 9.96. The third-order valence-corrected chi connectivity index (χ3v) is 3.25. The third-order valence-electron chi connectivity index (χ3n) is 3.25. The summed E-state index contributed by atoms with van der Waals surface area (Å²) in [6.07, 6.45) is -4.30. The Bertz CT molecular complexity index is 527. The van der Waals surface area contributed by atoms with Gasteiger partial charge in [0.25, 0.3) is 0 Å². The van der Waals surface area contributed by atoms with Gasteiger partial charge in [0.15, 0.2) is 0 Å². The number of hydrogen-bond donors (Lipinski definition) is 2. The zero-order chi connectivity index (χ0) is 14.2. The maximum absolute atomic E-state index is 12.5. The molecule has 0 spiro atoms. The van der Waals surface area contributed by atoms with Crippen molar-refractivity contribution in [2.24, 2.45) is 0 Å². The van der Waals surface area contributed by atoms with Gasteiger partial charge in [0.2, 0.25) is 0 Å². The van der Waals surface area contributed by atoms with Crippen LogP contribution in [0.15, 0.2) is 47.9 Å². The highest BCUT2D eigenvalue weighted by Crippen LogP contribution is 2.32. The molecule has 2 nitrogen and oxygen atoms in total. The lowest BCUT2D eigenvalue weighted by Crippen LogP contribution is -2.35. The van der Waals surface area contributed by atoms with Crippen molar-refractivity contribution in [3.05, 3.63) is 59.1 Å². The van der Waals surface area contributed by atoms with E-state index in [-0.39, 0.29) is 6.04 Å². The number of rotatable bonds is 1. The van der Waals surface area contributed by atoms with Crippen molar-refractivity contribution in [1.82, 2.24) is 10.6 Å². The number of halogens is 3. The Morgan fingerprint density at radius 1 is 1.11 bits per heavy atom. The van der Waals surface area contributed by atoms with Gasteiger partial charge in [-0.05, 0) is 37.1 Å². The van der Waals surface area contributed by atoms with E-state index in [1.165, 1.54) is 12.1 Å². The predicted molar refractivity (Wildman–Crippen MR) is 68.0 cm³/mol. The standard InChI is InChI=1S/C14H15F3N2/c1-8-9(2)18-10(3)19-13(8)11-4-6-12(7-5-11)14(15,16)17/h4-7,13,18-19H,3H2,1-2H3. The summed E-state index contributed by atoms with van der Waals surface area (Å²) < 4.78 is 37.5. The van der Waals surface area contributed by atoms with E-state index in [4.69, 9.17) is 0 Å². The van der Waals surface area contributed by atoms with Crippen LogP contribution in [0.2, 0.25) is 0 Å². The van der Waals surface area contributed by atoms with E-state index in [1.54, 1.807) is 0 Å². The SMILES string of the molecule is C=C1NC(C)=C(C)C(c2ccc(C(F)(F)F)cc2)N1. The summed E-state index contributed by atoms with van der Waals surface area (Å²) in [5.41, 5.74) is 2.15. The van der Waals surface area contributed by atoms with E-state index >= 15 is 0 Å². The Balaban J connectivity index is 2.32. The van der Waals surface area contributed by atoms with E-state index in [0.717, 1.165) is 29.0 Å². The predicted octanol–water partition coefficient (Wildman–Crippen LogP) is 3.70. The highest BCUT2D eigenvalue weighted by atomic mass is 19.4. The molecule has 0 bridgehead atoms. The fourth-order valence-electron chi connectivity index (χ4n) is 2.06. The van der Waals surface area contributed by atoms with Crippen molar-refractivity contribution < 1.29 is 13.2 Å². The molecule has 1 unspecified atom stereocenters. The molecule has 102 valence electrons. The number of alkyl halides is 3. The van der Waals surface area contributed by atoms with Crippen LogP contribution in [-0.4, -0.2) is 0 Å². The van der Waals surface area contributed by atoms with E-state index in [0.29, 0.717) is 5.82 Å². The maximum atomic E-state index is 12.5. The van der Waals surface area contributed by atoms with Gasteiger partial charge < -0.3 is 10.6 Å². The molecule has 1 atom stereocenters. The van der Waals surface area contributed by atoms with Gasteiger partial charge >= 0.3 is 6.18 Å². The van der Waals surface area contributed by atoms with Gasteiger partial charge in [-0.3, -0.25) is 0 Å². The Morgan fingerprint density at radius 2 is 1.68 bits per heavy atom. The average molecular weight is 268 g/mol. The van der Waals surface area contributed by atoms with Crippen molar-refractivity contribution in [1.29, 1.82) is 0 Å². The number of hydrogen-bond acceptors (Lipinski definition) is 2. The molecule has 1 heterocycles. The van der Waals surface area contributed by atoms with Crippen molar-refractivity contribution in [3.8, 4) is 0 Å². The molecule has 5 heteroatoms. The van der Waals surface area contributed by atoms with Gasteiger partial charge in [0.05, 0.1) is 17.4 Å². The molecule has 0 fully saturated rings. The highest BCUT2D eigenvalue weighted by molar-refractivity contribution is 5.36. The van der Waals surface area contributed by atoms with Crippen LogP contribution in [0.4, 0.5) is 13.2 Å².